The van der Waals surface area contributed by atoms with Crippen LogP contribution in [0.1, 0.15) is 34.1 Å². The molecule has 2 unspecified atom stereocenters. The number of carbonyl (C=O) groups is 1. The van der Waals surface area contributed by atoms with Gasteiger partial charge in [-0.3, -0.25) is 0 Å². The first-order chi connectivity index (χ1) is 6.15. The van der Waals surface area contributed by atoms with Gasteiger partial charge in [0, 0.05) is 5.41 Å². The Hall–Kier alpha value is -0.610. The topological polar surface area (TPSA) is 66.8 Å². The van der Waals surface area contributed by atoms with E-state index >= 15 is 0 Å². The monoisotopic (exact) mass is 204 g/mol. The predicted octanol–water partition coefficient (Wildman–Crippen LogP) is 0.707. The van der Waals surface area contributed by atoms with Crippen LogP contribution in [0.5, 0.6) is 0 Å². The number of hydrogen-bond acceptors (Lipinski definition) is 4. The highest BCUT2D eigenvalue weighted by atomic mass is 16.5. The molecule has 0 aromatic rings. The van der Waals surface area contributed by atoms with Gasteiger partial charge in [-0.05, 0) is 20.3 Å². The van der Waals surface area contributed by atoms with Gasteiger partial charge in [-0.25, -0.2) is 4.79 Å². The molecule has 0 aliphatic carbocycles. The first-order valence-corrected chi connectivity index (χ1v) is 4.64. The van der Waals surface area contributed by atoms with Crippen molar-refractivity contribution in [2.45, 2.75) is 45.8 Å². The molecule has 0 saturated carbocycles. The average Bonchev–Trinajstić information content (AvgIpc) is 2.00. The van der Waals surface area contributed by atoms with E-state index in [1.165, 1.54) is 14.0 Å². The van der Waals surface area contributed by atoms with Crippen LogP contribution in [0.2, 0.25) is 0 Å². The summed E-state index contributed by atoms with van der Waals surface area (Å²) in [5.74, 6) is -0.678. The lowest BCUT2D eigenvalue weighted by Gasteiger charge is -2.38. The summed E-state index contributed by atoms with van der Waals surface area (Å²) in [4.78, 5) is 11.3. The smallest absolute Gasteiger partial charge is 0.338 e. The molecule has 2 N–H and O–H groups in total. The van der Waals surface area contributed by atoms with Crippen molar-refractivity contribution in [3.8, 4) is 0 Å². The third-order valence-corrected chi connectivity index (χ3v) is 2.71. The molecule has 0 saturated heterocycles. The molecule has 0 radical (unpaired) electrons. The zero-order valence-corrected chi connectivity index (χ0v) is 9.50. The van der Waals surface area contributed by atoms with Crippen molar-refractivity contribution in [3.05, 3.63) is 0 Å². The van der Waals surface area contributed by atoms with Gasteiger partial charge in [0.05, 0.1) is 13.2 Å². The van der Waals surface area contributed by atoms with Gasteiger partial charge in [0.1, 0.15) is 0 Å². The van der Waals surface area contributed by atoms with E-state index in [-0.39, 0.29) is 0 Å². The van der Waals surface area contributed by atoms with Crippen molar-refractivity contribution in [1.29, 1.82) is 0 Å². The predicted molar refractivity (Wildman–Crippen MR) is 52.7 cm³/mol. The first-order valence-electron chi connectivity index (χ1n) is 4.64. The van der Waals surface area contributed by atoms with Gasteiger partial charge in [-0.15, -0.1) is 0 Å². The fourth-order valence-corrected chi connectivity index (χ4v) is 1.41. The number of aliphatic hydroxyl groups excluding tert-OH is 1. The van der Waals surface area contributed by atoms with E-state index in [4.69, 9.17) is 0 Å². The Labute approximate surface area is 84.9 Å². The molecular formula is C10H20O4. The quantitative estimate of drug-likeness (QED) is 0.662. The third kappa shape index (κ3) is 2.69. The molecule has 0 amide bonds. The molecule has 0 aliphatic rings. The lowest BCUT2D eigenvalue weighted by molar-refractivity contribution is -0.175. The van der Waals surface area contributed by atoms with E-state index in [2.05, 4.69) is 4.74 Å². The van der Waals surface area contributed by atoms with E-state index in [0.29, 0.717) is 6.42 Å². The summed E-state index contributed by atoms with van der Waals surface area (Å²) in [5.41, 5.74) is -2.31. The summed E-state index contributed by atoms with van der Waals surface area (Å²) in [5, 5.41) is 19.2. The number of methoxy groups -OCH3 is 1. The Bertz CT molecular complexity index is 206. The SMILES string of the molecule is COC(=O)C(C)(O)C(C)(C)CC(C)O. The van der Waals surface area contributed by atoms with Crippen LogP contribution in [0.3, 0.4) is 0 Å². The second kappa shape index (κ2) is 4.28. The Morgan fingerprint density at radius 3 is 2.14 bits per heavy atom. The van der Waals surface area contributed by atoms with Crippen molar-refractivity contribution in [1.82, 2.24) is 0 Å². The van der Waals surface area contributed by atoms with Gasteiger partial charge >= 0.3 is 5.97 Å². The van der Waals surface area contributed by atoms with Gasteiger partial charge in [-0.1, -0.05) is 13.8 Å². The van der Waals surface area contributed by atoms with E-state index < -0.39 is 23.1 Å². The van der Waals surface area contributed by atoms with Crippen LogP contribution in [-0.4, -0.2) is 35.0 Å². The van der Waals surface area contributed by atoms with E-state index in [9.17, 15) is 15.0 Å². The van der Waals surface area contributed by atoms with Gasteiger partial charge < -0.3 is 14.9 Å². The minimum absolute atomic E-state index is 0.328. The second-order valence-corrected chi connectivity index (χ2v) is 4.50. The standard InChI is InChI=1S/C10H20O4/c1-7(11)6-9(2,3)10(4,13)8(12)14-5/h7,11,13H,6H2,1-5H3. The maximum Gasteiger partial charge on any atom is 0.338 e. The summed E-state index contributed by atoms with van der Waals surface area (Å²) >= 11 is 0. The number of esters is 1. The van der Waals surface area contributed by atoms with Crippen LogP contribution < -0.4 is 0 Å². The molecule has 14 heavy (non-hydrogen) atoms. The van der Waals surface area contributed by atoms with Gasteiger partial charge in [-0.2, -0.15) is 0 Å². The minimum atomic E-state index is -1.58. The lowest BCUT2D eigenvalue weighted by Crippen LogP contribution is -2.50. The number of rotatable bonds is 4. The largest absolute Gasteiger partial charge is 0.467 e. The van der Waals surface area contributed by atoms with Crippen LogP contribution in [0.15, 0.2) is 0 Å². The zero-order chi connectivity index (χ0) is 11.6. The van der Waals surface area contributed by atoms with E-state index in [0.717, 1.165) is 0 Å². The van der Waals surface area contributed by atoms with E-state index in [1.54, 1.807) is 20.8 Å². The molecule has 0 spiro atoms. The van der Waals surface area contributed by atoms with Crippen molar-refractivity contribution in [2.24, 2.45) is 5.41 Å². The number of hydrogen-bond donors (Lipinski definition) is 2. The van der Waals surface area contributed by atoms with Crippen LogP contribution in [0.4, 0.5) is 0 Å². The molecule has 0 bridgehead atoms. The second-order valence-electron chi connectivity index (χ2n) is 4.50. The van der Waals surface area contributed by atoms with E-state index in [1.807, 2.05) is 0 Å². The Kier molecular flexibility index (Phi) is 4.09. The third-order valence-electron chi connectivity index (χ3n) is 2.71. The number of aliphatic hydroxyl groups is 2. The van der Waals surface area contributed by atoms with Crippen molar-refractivity contribution in [3.63, 3.8) is 0 Å². The summed E-state index contributed by atoms with van der Waals surface area (Å²) in [6.45, 7) is 6.46. The molecular weight excluding hydrogens is 184 g/mol. The fourth-order valence-electron chi connectivity index (χ4n) is 1.41. The normalized spacial score (nSPS) is 18.5. The lowest BCUT2D eigenvalue weighted by atomic mass is 9.72. The Balaban J connectivity index is 4.77. The molecule has 0 aromatic heterocycles. The zero-order valence-electron chi connectivity index (χ0n) is 9.50. The van der Waals surface area contributed by atoms with Crippen molar-refractivity contribution < 1.29 is 19.7 Å². The van der Waals surface area contributed by atoms with Gasteiger partial charge in [0.15, 0.2) is 5.60 Å². The van der Waals surface area contributed by atoms with Crippen molar-refractivity contribution in [2.75, 3.05) is 7.11 Å². The maximum atomic E-state index is 11.3. The van der Waals surface area contributed by atoms with Crippen molar-refractivity contribution >= 4 is 5.97 Å². The van der Waals surface area contributed by atoms with Crippen LogP contribution in [-0.2, 0) is 9.53 Å². The highest BCUT2D eigenvalue weighted by molar-refractivity contribution is 5.79. The highest BCUT2D eigenvalue weighted by Crippen LogP contribution is 2.36. The summed E-state index contributed by atoms with van der Waals surface area (Å²) in [7, 11) is 1.23. The van der Waals surface area contributed by atoms with Gasteiger partial charge in [0.2, 0.25) is 0 Å². The molecule has 4 heteroatoms. The molecule has 2 atom stereocenters. The highest BCUT2D eigenvalue weighted by Gasteiger charge is 2.47. The summed E-state index contributed by atoms with van der Waals surface area (Å²) in [6, 6.07) is 0. The Morgan fingerprint density at radius 2 is 1.86 bits per heavy atom. The number of carbonyl (C=O) groups excluding carboxylic acids is 1. The summed E-state index contributed by atoms with van der Waals surface area (Å²) in [6.07, 6.45) is -0.240. The molecule has 4 nitrogen and oxygen atoms in total. The van der Waals surface area contributed by atoms with Gasteiger partial charge in [0.25, 0.3) is 0 Å². The maximum absolute atomic E-state index is 11.3. The fraction of sp³-hybridized carbons (Fsp3) is 0.900. The molecule has 0 fully saturated rings. The van der Waals surface area contributed by atoms with Crippen LogP contribution in [0.25, 0.3) is 0 Å². The molecule has 0 rings (SSSR count). The molecule has 0 heterocycles. The molecule has 0 aromatic carbocycles. The molecule has 0 aliphatic heterocycles. The minimum Gasteiger partial charge on any atom is -0.467 e. The Morgan fingerprint density at radius 1 is 1.43 bits per heavy atom. The average molecular weight is 204 g/mol. The number of ether oxygens (including phenoxy) is 1. The van der Waals surface area contributed by atoms with Crippen LogP contribution in [0, 0.1) is 5.41 Å². The summed E-state index contributed by atoms with van der Waals surface area (Å²) < 4.78 is 4.51. The first kappa shape index (κ1) is 13.4. The van der Waals surface area contributed by atoms with Crippen LogP contribution >= 0.6 is 0 Å². The molecule has 84 valence electrons.